The Morgan fingerprint density at radius 2 is 1.97 bits per heavy atom. The number of nitrogens with zero attached hydrogens (tertiary/aromatic N) is 2. The minimum absolute atomic E-state index is 0.0555. The first-order valence-electron chi connectivity index (χ1n) is 9.35. The Labute approximate surface area is 185 Å². The van der Waals surface area contributed by atoms with Gasteiger partial charge in [-0.3, -0.25) is 9.69 Å². The zero-order chi connectivity index (χ0) is 20.0. The molecular formula is C22H17BrClN3OS. The minimum Gasteiger partial charge on any atom is -0.306 e. The molecule has 0 fully saturated rings. The Bertz CT molecular complexity index is 1270. The number of benzene rings is 2. The highest BCUT2D eigenvalue weighted by Gasteiger charge is 2.23. The molecule has 2 aromatic heterocycles. The van der Waals surface area contributed by atoms with Crippen LogP contribution < -0.4 is 5.56 Å². The number of rotatable bonds is 3. The van der Waals surface area contributed by atoms with E-state index in [4.69, 9.17) is 16.6 Å². The van der Waals surface area contributed by atoms with Crippen molar-refractivity contribution in [2.24, 2.45) is 0 Å². The van der Waals surface area contributed by atoms with Crippen molar-refractivity contribution < 1.29 is 0 Å². The Balaban J connectivity index is 1.41. The average Bonchev–Trinajstić information content (AvgIpc) is 3.04. The molecule has 7 heteroatoms. The summed E-state index contributed by atoms with van der Waals surface area (Å²) in [6.07, 6.45) is 0.766. The predicted molar refractivity (Wildman–Crippen MR) is 123 cm³/mol. The lowest BCUT2D eigenvalue weighted by molar-refractivity contribution is 0.243. The first-order chi connectivity index (χ1) is 14.1. The molecule has 0 unspecified atom stereocenters. The van der Waals surface area contributed by atoms with E-state index in [-0.39, 0.29) is 5.56 Å². The lowest BCUT2D eigenvalue weighted by Crippen LogP contribution is -2.35. The molecule has 146 valence electrons. The molecule has 3 heterocycles. The van der Waals surface area contributed by atoms with Crippen molar-refractivity contribution in [3.05, 3.63) is 84.5 Å². The second-order valence-corrected chi connectivity index (χ2v) is 9.51. The molecule has 0 saturated carbocycles. The van der Waals surface area contributed by atoms with E-state index in [9.17, 15) is 4.79 Å². The summed E-state index contributed by atoms with van der Waals surface area (Å²) in [6, 6.07) is 15.8. The summed E-state index contributed by atoms with van der Waals surface area (Å²) in [4.78, 5) is 24.1. The second-order valence-electron chi connectivity index (χ2n) is 7.14. The van der Waals surface area contributed by atoms with Crippen LogP contribution in [0, 0.1) is 0 Å². The van der Waals surface area contributed by atoms with Crippen LogP contribution in [-0.4, -0.2) is 21.4 Å². The van der Waals surface area contributed by atoms with Crippen LogP contribution in [0.25, 0.3) is 21.5 Å². The van der Waals surface area contributed by atoms with Crippen molar-refractivity contribution >= 4 is 49.0 Å². The van der Waals surface area contributed by atoms with Gasteiger partial charge >= 0.3 is 0 Å². The van der Waals surface area contributed by atoms with Gasteiger partial charge in [0.05, 0.1) is 11.3 Å². The van der Waals surface area contributed by atoms with Crippen molar-refractivity contribution in [2.45, 2.75) is 19.5 Å². The molecule has 4 aromatic rings. The van der Waals surface area contributed by atoms with Gasteiger partial charge in [0.15, 0.2) is 0 Å². The van der Waals surface area contributed by atoms with Gasteiger partial charge < -0.3 is 4.98 Å². The standard InChI is InChI=1S/C22H17BrClN3OS/c23-20-15-3-1-2-4-18(15)29-19(20)12-27-10-9-17-16(11-27)22(28)26-21(25-17)13-5-7-14(24)8-6-13/h1-8H,9-12H2,(H,25,26,28). The summed E-state index contributed by atoms with van der Waals surface area (Å²) in [5.74, 6) is 0.603. The van der Waals surface area contributed by atoms with Crippen LogP contribution >= 0.6 is 38.9 Å². The molecule has 2 aromatic carbocycles. The monoisotopic (exact) mass is 485 g/mol. The lowest BCUT2D eigenvalue weighted by Gasteiger charge is -2.27. The fourth-order valence-corrected chi connectivity index (χ4v) is 5.84. The molecule has 0 radical (unpaired) electrons. The van der Waals surface area contributed by atoms with Gasteiger partial charge in [-0.1, -0.05) is 29.8 Å². The molecule has 29 heavy (non-hydrogen) atoms. The Hall–Kier alpha value is -1.99. The van der Waals surface area contributed by atoms with Gasteiger partial charge in [0, 0.05) is 56.1 Å². The van der Waals surface area contributed by atoms with E-state index >= 15 is 0 Å². The third-order valence-corrected chi connectivity index (χ3v) is 7.81. The Kier molecular flexibility index (Phi) is 5.04. The molecular weight excluding hydrogens is 470 g/mol. The lowest BCUT2D eigenvalue weighted by atomic mass is 10.1. The van der Waals surface area contributed by atoms with E-state index in [1.165, 1.54) is 15.0 Å². The summed E-state index contributed by atoms with van der Waals surface area (Å²) in [5.41, 5.74) is 2.47. The van der Waals surface area contributed by atoms with Crippen molar-refractivity contribution in [1.82, 2.24) is 14.9 Å². The van der Waals surface area contributed by atoms with Crippen molar-refractivity contribution in [3.63, 3.8) is 0 Å². The van der Waals surface area contributed by atoms with E-state index < -0.39 is 0 Å². The number of halogens is 2. The quantitative estimate of drug-likeness (QED) is 0.408. The summed E-state index contributed by atoms with van der Waals surface area (Å²) >= 11 is 11.5. The molecule has 5 rings (SSSR count). The van der Waals surface area contributed by atoms with Gasteiger partial charge in [-0.2, -0.15) is 0 Å². The molecule has 1 aliphatic rings. The largest absolute Gasteiger partial charge is 0.306 e. The van der Waals surface area contributed by atoms with Gasteiger partial charge in [0.1, 0.15) is 5.82 Å². The van der Waals surface area contributed by atoms with Gasteiger partial charge in [0.2, 0.25) is 0 Å². The van der Waals surface area contributed by atoms with E-state index in [1.54, 1.807) is 23.5 Å². The highest BCUT2D eigenvalue weighted by atomic mass is 79.9. The Morgan fingerprint density at radius 3 is 2.76 bits per heavy atom. The summed E-state index contributed by atoms with van der Waals surface area (Å²) in [7, 11) is 0. The molecule has 0 amide bonds. The third kappa shape index (κ3) is 3.66. The van der Waals surface area contributed by atoms with Crippen LogP contribution in [0.5, 0.6) is 0 Å². The number of hydrogen-bond acceptors (Lipinski definition) is 4. The molecule has 0 saturated heterocycles. The summed E-state index contributed by atoms with van der Waals surface area (Å²) < 4.78 is 2.44. The molecule has 0 bridgehead atoms. The first kappa shape index (κ1) is 19.0. The van der Waals surface area contributed by atoms with Gasteiger partial charge in [0.25, 0.3) is 5.56 Å². The van der Waals surface area contributed by atoms with Gasteiger partial charge in [-0.25, -0.2) is 4.98 Å². The predicted octanol–water partition coefficient (Wildman–Crippen LogP) is 5.63. The Morgan fingerprint density at radius 1 is 1.17 bits per heavy atom. The van der Waals surface area contributed by atoms with E-state index in [1.807, 2.05) is 12.1 Å². The average molecular weight is 487 g/mol. The molecule has 0 spiro atoms. The summed E-state index contributed by atoms with van der Waals surface area (Å²) in [5, 5.41) is 1.91. The van der Waals surface area contributed by atoms with Crippen LogP contribution in [0.15, 0.2) is 57.8 Å². The summed E-state index contributed by atoms with van der Waals surface area (Å²) in [6.45, 7) is 2.31. The molecule has 0 aliphatic carbocycles. The molecule has 1 aliphatic heterocycles. The molecule has 4 nitrogen and oxygen atoms in total. The van der Waals surface area contributed by atoms with E-state index in [2.05, 4.69) is 50.1 Å². The van der Waals surface area contributed by atoms with Crippen LogP contribution in [-0.2, 0) is 19.5 Å². The second kappa shape index (κ2) is 7.69. The smallest absolute Gasteiger partial charge is 0.255 e. The highest BCUT2D eigenvalue weighted by molar-refractivity contribution is 9.10. The topological polar surface area (TPSA) is 49.0 Å². The molecule has 0 atom stereocenters. The number of fused-ring (bicyclic) bond motifs is 2. The van der Waals surface area contributed by atoms with Crippen molar-refractivity contribution in [2.75, 3.05) is 6.54 Å². The van der Waals surface area contributed by atoms with E-state index in [0.29, 0.717) is 17.4 Å². The maximum absolute atomic E-state index is 12.8. The van der Waals surface area contributed by atoms with Crippen LogP contribution in [0.4, 0.5) is 0 Å². The van der Waals surface area contributed by atoms with Crippen molar-refractivity contribution in [3.8, 4) is 11.4 Å². The first-order valence-corrected chi connectivity index (χ1v) is 11.3. The van der Waals surface area contributed by atoms with Crippen molar-refractivity contribution in [1.29, 1.82) is 0 Å². The van der Waals surface area contributed by atoms with Crippen LogP contribution in [0.2, 0.25) is 5.02 Å². The van der Waals surface area contributed by atoms with Crippen LogP contribution in [0.3, 0.4) is 0 Å². The zero-order valence-electron chi connectivity index (χ0n) is 15.4. The maximum atomic E-state index is 12.8. The number of hydrogen-bond donors (Lipinski definition) is 1. The highest BCUT2D eigenvalue weighted by Crippen LogP contribution is 2.36. The maximum Gasteiger partial charge on any atom is 0.255 e. The number of thiophene rings is 1. The minimum atomic E-state index is -0.0555. The van der Waals surface area contributed by atoms with Gasteiger partial charge in [-0.05, 0) is 46.3 Å². The van der Waals surface area contributed by atoms with Gasteiger partial charge in [-0.15, -0.1) is 11.3 Å². The number of nitrogens with one attached hydrogen (secondary N) is 1. The normalized spacial score (nSPS) is 14.3. The number of aromatic nitrogens is 2. The zero-order valence-corrected chi connectivity index (χ0v) is 18.6. The molecule has 1 N–H and O–H groups in total. The fourth-order valence-electron chi connectivity index (χ4n) is 3.73. The number of aromatic amines is 1. The fraction of sp³-hybridized carbons (Fsp3) is 0.182. The third-order valence-electron chi connectivity index (χ3n) is 5.23. The SMILES string of the molecule is O=c1[nH]c(-c2ccc(Cl)cc2)nc2c1CN(Cc1sc3ccccc3c1Br)CC2. The van der Waals surface area contributed by atoms with Crippen LogP contribution in [0.1, 0.15) is 16.1 Å². The van der Waals surface area contributed by atoms with E-state index in [0.717, 1.165) is 40.8 Å². The number of H-pyrrole nitrogens is 1.